The highest BCUT2D eigenvalue weighted by Gasteiger charge is 2.19. The van der Waals surface area contributed by atoms with Gasteiger partial charge in [0.05, 0.1) is 0 Å². The number of halogens is 1. The van der Waals surface area contributed by atoms with E-state index in [1.54, 1.807) is 26.0 Å². The van der Waals surface area contributed by atoms with E-state index in [9.17, 15) is 4.39 Å². The van der Waals surface area contributed by atoms with E-state index in [1.807, 2.05) is 12.1 Å². The fourth-order valence-electron chi connectivity index (χ4n) is 1.85. The molecule has 2 rings (SSSR count). The maximum absolute atomic E-state index is 13.6. The van der Waals surface area contributed by atoms with Gasteiger partial charge < -0.3 is 10.1 Å². The molecule has 1 aromatic carbocycles. The maximum atomic E-state index is 13.6. The molecule has 0 aliphatic carbocycles. The highest BCUT2D eigenvalue weighted by molar-refractivity contribution is 5.30. The zero-order valence-corrected chi connectivity index (χ0v) is 9.79. The predicted octanol–water partition coefficient (Wildman–Crippen LogP) is 2.63. The summed E-state index contributed by atoms with van der Waals surface area (Å²) in [6.07, 6.45) is 1.29. The molecule has 0 radical (unpaired) electrons. The van der Waals surface area contributed by atoms with Crippen LogP contribution in [0.5, 0.6) is 5.75 Å². The lowest BCUT2D eigenvalue weighted by Gasteiger charge is -2.16. The molecule has 1 heterocycles. The zero-order valence-electron chi connectivity index (χ0n) is 9.79. The molecule has 0 aromatic heterocycles. The zero-order chi connectivity index (χ0) is 11.6. The van der Waals surface area contributed by atoms with Crippen LogP contribution in [-0.2, 0) is 5.67 Å². The molecule has 0 bridgehead atoms. The summed E-state index contributed by atoms with van der Waals surface area (Å²) in [7, 11) is 0. The smallest absolute Gasteiger partial charge is 0.130 e. The van der Waals surface area contributed by atoms with Gasteiger partial charge in [-0.15, -0.1) is 0 Å². The standard InChI is InChI=1S/C13H18FNO/c1-13(2,14)10-3-5-11(6-4-10)16-12-7-8-15-9-12/h3-6,12,15H,7-9H2,1-2H3. The summed E-state index contributed by atoms with van der Waals surface area (Å²) in [4.78, 5) is 0. The van der Waals surface area contributed by atoms with Crippen molar-refractivity contribution in [2.75, 3.05) is 13.1 Å². The number of rotatable bonds is 3. The van der Waals surface area contributed by atoms with Gasteiger partial charge in [0.2, 0.25) is 0 Å². The molecule has 1 unspecified atom stereocenters. The average Bonchev–Trinajstić information content (AvgIpc) is 2.70. The second-order valence-corrected chi connectivity index (χ2v) is 4.73. The van der Waals surface area contributed by atoms with Crippen LogP contribution in [0.15, 0.2) is 24.3 Å². The molecule has 16 heavy (non-hydrogen) atoms. The van der Waals surface area contributed by atoms with Crippen LogP contribution in [-0.4, -0.2) is 19.2 Å². The summed E-state index contributed by atoms with van der Waals surface area (Å²) in [6, 6.07) is 7.26. The Labute approximate surface area is 95.8 Å². The molecule has 0 spiro atoms. The van der Waals surface area contributed by atoms with E-state index in [0.29, 0.717) is 5.56 Å². The van der Waals surface area contributed by atoms with E-state index < -0.39 is 5.67 Å². The van der Waals surface area contributed by atoms with Crippen molar-refractivity contribution in [3.05, 3.63) is 29.8 Å². The first-order valence-corrected chi connectivity index (χ1v) is 5.72. The monoisotopic (exact) mass is 223 g/mol. The fourth-order valence-corrected chi connectivity index (χ4v) is 1.85. The molecule has 1 aliphatic rings. The van der Waals surface area contributed by atoms with Gasteiger partial charge in [-0.25, -0.2) is 4.39 Å². The predicted molar refractivity (Wildman–Crippen MR) is 62.5 cm³/mol. The quantitative estimate of drug-likeness (QED) is 0.850. The molecule has 1 atom stereocenters. The number of nitrogens with one attached hydrogen (secondary N) is 1. The van der Waals surface area contributed by atoms with E-state index in [-0.39, 0.29) is 6.10 Å². The Balaban J connectivity index is 2.01. The van der Waals surface area contributed by atoms with Gasteiger partial charge in [-0.1, -0.05) is 12.1 Å². The first-order valence-electron chi connectivity index (χ1n) is 5.72. The third-order valence-corrected chi connectivity index (χ3v) is 2.86. The van der Waals surface area contributed by atoms with Gasteiger partial charge in [0.15, 0.2) is 0 Å². The topological polar surface area (TPSA) is 21.3 Å². The van der Waals surface area contributed by atoms with Crippen LogP contribution >= 0.6 is 0 Å². The van der Waals surface area contributed by atoms with E-state index in [2.05, 4.69) is 5.32 Å². The van der Waals surface area contributed by atoms with Crippen LogP contribution in [0.4, 0.5) is 4.39 Å². The number of alkyl halides is 1. The van der Waals surface area contributed by atoms with E-state index >= 15 is 0 Å². The Hall–Kier alpha value is -1.09. The molecule has 1 fully saturated rings. The molecular formula is C13H18FNO. The van der Waals surface area contributed by atoms with Crippen LogP contribution in [0.3, 0.4) is 0 Å². The van der Waals surface area contributed by atoms with Gasteiger partial charge in [-0.3, -0.25) is 0 Å². The number of hydrogen-bond acceptors (Lipinski definition) is 2. The summed E-state index contributed by atoms with van der Waals surface area (Å²) in [5, 5.41) is 3.24. The van der Waals surface area contributed by atoms with E-state index in [4.69, 9.17) is 4.74 Å². The van der Waals surface area contributed by atoms with Crippen molar-refractivity contribution in [3.63, 3.8) is 0 Å². The van der Waals surface area contributed by atoms with Gasteiger partial charge in [0, 0.05) is 6.54 Å². The summed E-state index contributed by atoms with van der Waals surface area (Å²) < 4.78 is 19.4. The second kappa shape index (κ2) is 4.42. The highest BCUT2D eigenvalue weighted by atomic mass is 19.1. The van der Waals surface area contributed by atoms with Crippen LogP contribution in [0.25, 0.3) is 0 Å². The van der Waals surface area contributed by atoms with Crippen molar-refractivity contribution < 1.29 is 9.13 Å². The summed E-state index contributed by atoms with van der Waals surface area (Å²) in [6.45, 7) is 5.03. The Bertz CT molecular complexity index is 336. The van der Waals surface area contributed by atoms with Crippen LogP contribution in [0.2, 0.25) is 0 Å². The van der Waals surface area contributed by atoms with Crippen LogP contribution in [0, 0.1) is 0 Å². The van der Waals surface area contributed by atoms with Gasteiger partial charge in [0.25, 0.3) is 0 Å². The van der Waals surface area contributed by atoms with Crippen molar-refractivity contribution in [3.8, 4) is 5.75 Å². The van der Waals surface area contributed by atoms with Crippen molar-refractivity contribution in [1.29, 1.82) is 0 Å². The van der Waals surface area contributed by atoms with Crippen molar-refractivity contribution in [2.45, 2.75) is 32.0 Å². The number of hydrogen-bond donors (Lipinski definition) is 1. The van der Waals surface area contributed by atoms with Crippen LogP contribution < -0.4 is 10.1 Å². The molecular weight excluding hydrogens is 205 g/mol. The Morgan fingerprint density at radius 1 is 1.31 bits per heavy atom. The summed E-state index contributed by atoms with van der Waals surface area (Å²) >= 11 is 0. The molecule has 3 heteroatoms. The van der Waals surface area contributed by atoms with Crippen molar-refractivity contribution in [2.24, 2.45) is 0 Å². The van der Waals surface area contributed by atoms with Gasteiger partial charge >= 0.3 is 0 Å². The van der Waals surface area contributed by atoms with Gasteiger partial charge in [0.1, 0.15) is 17.5 Å². The molecule has 1 N–H and O–H groups in total. The van der Waals surface area contributed by atoms with Crippen LogP contribution in [0.1, 0.15) is 25.8 Å². The normalized spacial score (nSPS) is 21.1. The minimum atomic E-state index is -1.28. The lowest BCUT2D eigenvalue weighted by Crippen LogP contribution is -2.19. The average molecular weight is 223 g/mol. The lowest BCUT2D eigenvalue weighted by molar-refractivity contribution is 0.216. The molecule has 0 saturated carbocycles. The first-order chi connectivity index (χ1) is 7.55. The van der Waals surface area contributed by atoms with Gasteiger partial charge in [-0.05, 0) is 44.5 Å². The molecule has 1 saturated heterocycles. The molecule has 88 valence electrons. The van der Waals surface area contributed by atoms with E-state index in [0.717, 1.165) is 25.3 Å². The second-order valence-electron chi connectivity index (χ2n) is 4.73. The third kappa shape index (κ3) is 2.73. The molecule has 2 nitrogen and oxygen atoms in total. The Morgan fingerprint density at radius 2 is 2.00 bits per heavy atom. The first kappa shape index (κ1) is 11.4. The number of benzene rings is 1. The Kier molecular flexibility index (Phi) is 3.15. The minimum absolute atomic E-state index is 0.254. The largest absolute Gasteiger partial charge is 0.489 e. The molecule has 0 amide bonds. The lowest BCUT2D eigenvalue weighted by atomic mass is 10.0. The van der Waals surface area contributed by atoms with E-state index in [1.165, 1.54) is 0 Å². The minimum Gasteiger partial charge on any atom is -0.489 e. The highest BCUT2D eigenvalue weighted by Crippen LogP contribution is 2.26. The fraction of sp³-hybridized carbons (Fsp3) is 0.538. The SMILES string of the molecule is CC(C)(F)c1ccc(OC2CCNC2)cc1. The Morgan fingerprint density at radius 3 is 2.50 bits per heavy atom. The molecule has 1 aromatic rings. The number of ether oxygens (including phenoxy) is 1. The van der Waals surface area contributed by atoms with Gasteiger partial charge in [-0.2, -0.15) is 0 Å². The van der Waals surface area contributed by atoms with Crippen molar-refractivity contribution in [1.82, 2.24) is 5.32 Å². The summed E-state index contributed by atoms with van der Waals surface area (Å²) in [5.74, 6) is 0.821. The molecule has 1 aliphatic heterocycles. The summed E-state index contributed by atoms with van der Waals surface area (Å²) in [5.41, 5.74) is -0.600. The van der Waals surface area contributed by atoms with Crippen molar-refractivity contribution >= 4 is 0 Å². The maximum Gasteiger partial charge on any atom is 0.130 e. The third-order valence-electron chi connectivity index (χ3n) is 2.86.